The first-order valence-electron chi connectivity index (χ1n) is 8.71. The highest BCUT2D eigenvalue weighted by Gasteiger charge is 2.12. The molecular weight excluding hydrogens is 357 g/mol. The molecule has 0 aliphatic carbocycles. The van der Waals surface area contributed by atoms with Crippen molar-refractivity contribution in [2.24, 2.45) is 0 Å². The van der Waals surface area contributed by atoms with Crippen LogP contribution in [0.2, 0.25) is 0 Å². The molecule has 2 aromatic heterocycles. The summed E-state index contributed by atoms with van der Waals surface area (Å²) >= 11 is 0. The van der Waals surface area contributed by atoms with Gasteiger partial charge in [0.1, 0.15) is 22.8 Å². The van der Waals surface area contributed by atoms with Gasteiger partial charge in [-0.3, -0.25) is 0 Å². The van der Waals surface area contributed by atoms with Gasteiger partial charge in [0.15, 0.2) is 0 Å². The Labute approximate surface area is 158 Å². The van der Waals surface area contributed by atoms with E-state index in [0.717, 1.165) is 27.8 Å². The van der Waals surface area contributed by atoms with E-state index in [1.807, 2.05) is 36.4 Å². The van der Waals surface area contributed by atoms with Gasteiger partial charge in [-0.05, 0) is 54.6 Å². The number of aromatic nitrogens is 2. The fraction of sp³-hybridized carbons (Fsp3) is 0. The number of hydrogen-bond donors (Lipinski definition) is 2. The molecule has 5 rings (SSSR count). The Morgan fingerprint density at radius 3 is 2.54 bits per heavy atom. The molecule has 5 aromatic rings. The van der Waals surface area contributed by atoms with Gasteiger partial charge in [0.05, 0.1) is 11.0 Å². The molecule has 0 amide bonds. The maximum absolute atomic E-state index is 13.0. The van der Waals surface area contributed by atoms with E-state index in [2.05, 4.69) is 15.3 Å². The van der Waals surface area contributed by atoms with Gasteiger partial charge in [-0.25, -0.2) is 14.2 Å². The highest BCUT2D eigenvalue weighted by atomic mass is 19.1. The van der Waals surface area contributed by atoms with Gasteiger partial charge in [0.2, 0.25) is 0 Å². The molecule has 0 saturated carbocycles. The van der Waals surface area contributed by atoms with E-state index in [0.29, 0.717) is 17.0 Å². The predicted molar refractivity (Wildman–Crippen MR) is 107 cm³/mol. The maximum atomic E-state index is 13.0. The molecule has 2 N–H and O–H groups in total. The van der Waals surface area contributed by atoms with Crippen molar-refractivity contribution in [3.63, 3.8) is 0 Å². The van der Waals surface area contributed by atoms with Crippen LogP contribution in [-0.4, -0.2) is 9.97 Å². The van der Waals surface area contributed by atoms with E-state index in [9.17, 15) is 9.18 Å². The molecule has 0 saturated heterocycles. The van der Waals surface area contributed by atoms with E-state index in [1.165, 1.54) is 12.1 Å². The molecule has 2 heterocycles. The highest BCUT2D eigenvalue weighted by Crippen LogP contribution is 2.25. The average Bonchev–Trinajstić information content (AvgIpc) is 3.13. The van der Waals surface area contributed by atoms with Crippen LogP contribution in [0.4, 0.5) is 15.8 Å². The number of hydrogen-bond acceptors (Lipinski definition) is 4. The first-order chi connectivity index (χ1) is 13.7. The Morgan fingerprint density at radius 1 is 0.929 bits per heavy atom. The van der Waals surface area contributed by atoms with Crippen molar-refractivity contribution >= 4 is 33.4 Å². The third kappa shape index (κ3) is 2.91. The number of rotatable bonds is 3. The number of fused-ring (bicyclic) bond motifs is 2. The van der Waals surface area contributed by atoms with E-state index in [-0.39, 0.29) is 5.82 Å². The summed E-state index contributed by atoms with van der Waals surface area (Å²) in [5.41, 5.74) is 3.48. The summed E-state index contributed by atoms with van der Waals surface area (Å²) in [6.45, 7) is 0. The lowest BCUT2D eigenvalue weighted by molar-refractivity contribution is 0.563. The molecule has 0 bridgehead atoms. The Hall–Kier alpha value is -3.93. The number of nitrogens with zero attached hydrogens (tertiary/aromatic N) is 1. The largest absolute Gasteiger partial charge is 0.422 e. The van der Waals surface area contributed by atoms with Crippen LogP contribution in [0.25, 0.3) is 33.4 Å². The fourth-order valence-corrected chi connectivity index (χ4v) is 3.13. The second-order valence-corrected chi connectivity index (χ2v) is 6.43. The van der Waals surface area contributed by atoms with Crippen LogP contribution in [0.5, 0.6) is 0 Å². The molecule has 0 radical (unpaired) electrons. The van der Waals surface area contributed by atoms with Crippen molar-refractivity contribution < 1.29 is 8.81 Å². The number of para-hydroxylation sites is 2. The van der Waals surface area contributed by atoms with E-state index < -0.39 is 5.63 Å². The molecule has 0 aliphatic rings. The Balaban J connectivity index is 1.54. The summed E-state index contributed by atoms with van der Waals surface area (Å²) in [5, 5.41) is 3.94. The molecule has 136 valence electrons. The van der Waals surface area contributed by atoms with Crippen molar-refractivity contribution in [2.45, 2.75) is 0 Å². The number of aromatic amines is 1. The second-order valence-electron chi connectivity index (χ2n) is 6.43. The molecule has 0 unspecified atom stereocenters. The van der Waals surface area contributed by atoms with Crippen LogP contribution in [0.3, 0.4) is 0 Å². The number of imidazole rings is 1. The third-order valence-electron chi connectivity index (χ3n) is 4.51. The number of nitrogens with one attached hydrogen (secondary N) is 2. The third-order valence-corrected chi connectivity index (χ3v) is 4.51. The lowest BCUT2D eigenvalue weighted by atomic mass is 10.1. The van der Waals surface area contributed by atoms with Gasteiger partial charge in [0, 0.05) is 22.8 Å². The van der Waals surface area contributed by atoms with Crippen molar-refractivity contribution in [3.8, 4) is 11.4 Å². The zero-order valence-corrected chi connectivity index (χ0v) is 14.6. The normalized spacial score (nSPS) is 11.2. The molecule has 28 heavy (non-hydrogen) atoms. The van der Waals surface area contributed by atoms with Gasteiger partial charge in [-0.15, -0.1) is 0 Å². The predicted octanol–water partition coefficient (Wildman–Crippen LogP) is 5.22. The molecular formula is C22H14FN3O2. The van der Waals surface area contributed by atoms with Crippen molar-refractivity contribution in [3.05, 3.63) is 89.0 Å². The summed E-state index contributed by atoms with van der Waals surface area (Å²) in [6, 6.07) is 20.8. The van der Waals surface area contributed by atoms with Crippen molar-refractivity contribution in [1.82, 2.24) is 9.97 Å². The summed E-state index contributed by atoms with van der Waals surface area (Å²) in [6.07, 6.45) is 0. The fourth-order valence-electron chi connectivity index (χ4n) is 3.13. The molecule has 0 fully saturated rings. The van der Waals surface area contributed by atoms with Crippen LogP contribution < -0.4 is 10.9 Å². The monoisotopic (exact) mass is 371 g/mol. The quantitative estimate of drug-likeness (QED) is 0.427. The van der Waals surface area contributed by atoms with Crippen LogP contribution in [-0.2, 0) is 0 Å². The number of benzene rings is 3. The molecule has 5 nitrogen and oxygen atoms in total. The minimum atomic E-state index is -0.467. The second kappa shape index (κ2) is 6.35. The molecule has 0 atom stereocenters. The van der Waals surface area contributed by atoms with E-state index >= 15 is 0 Å². The first kappa shape index (κ1) is 16.3. The lowest BCUT2D eigenvalue weighted by Gasteiger charge is -2.07. The Kier molecular flexibility index (Phi) is 3.69. The SMILES string of the molecule is O=c1oc2cc(Nc3ccc(F)cc3)ccc2cc1-c1nc2ccccc2[nH]1. The first-order valence-corrected chi connectivity index (χ1v) is 8.71. The molecule has 6 heteroatoms. The Morgan fingerprint density at radius 2 is 1.71 bits per heavy atom. The van der Waals surface area contributed by atoms with Crippen LogP contribution in [0.15, 0.2) is 82.0 Å². The standard InChI is InChI=1S/C22H14FN3O2/c23-14-6-9-15(10-7-14)24-16-8-5-13-11-17(22(27)28-20(13)12-16)21-25-18-3-1-2-4-19(18)26-21/h1-12,24H,(H,25,26). The zero-order valence-electron chi connectivity index (χ0n) is 14.6. The van der Waals surface area contributed by atoms with Gasteiger partial charge in [-0.2, -0.15) is 0 Å². The average molecular weight is 371 g/mol. The van der Waals surface area contributed by atoms with Crippen molar-refractivity contribution in [2.75, 3.05) is 5.32 Å². The van der Waals surface area contributed by atoms with Crippen LogP contribution >= 0.6 is 0 Å². The van der Waals surface area contributed by atoms with Crippen LogP contribution in [0, 0.1) is 5.82 Å². The van der Waals surface area contributed by atoms with E-state index in [1.54, 1.807) is 24.3 Å². The minimum Gasteiger partial charge on any atom is -0.422 e. The van der Waals surface area contributed by atoms with Gasteiger partial charge < -0.3 is 14.7 Å². The smallest absolute Gasteiger partial charge is 0.347 e. The highest BCUT2D eigenvalue weighted by molar-refractivity contribution is 5.86. The van der Waals surface area contributed by atoms with Crippen LogP contribution in [0.1, 0.15) is 0 Å². The molecule has 3 aromatic carbocycles. The molecule has 0 spiro atoms. The topological polar surface area (TPSA) is 70.9 Å². The van der Waals surface area contributed by atoms with Crippen molar-refractivity contribution in [1.29, 1.82) is 0 Å². The Bertz CT molecular complexity index is 1340. The maximum Gasteiger partial charge on any atom is 0.347 e. The number of H-pyrrole nitrogens is 1. The summed E-state index contributed by atoms with van der Waals surface area (Å²) < 4.78 is 18.6. The number of halogens is 1. The summed E-state index contributed by atoms with van der Waals surface area (Å²) in [4.78, 5) is 20.2. The van der Waals surface area contributed by atoms with Gasteiger partial charge >= 0.3 is 5.63 Å². The lowest BCUT2D eigenvalue weighted by Crippen LogP contribution is -2.04. The number of anilines is 2. The van der Waals surface area contributed by atoms with Gasteiger partial charge in [0.25, 0.3) is 0 Å². The minimum absolute atomic E-state index is 0.298. The molecule has 0 aliphatic heterocycles. The van der Waals surface area contributed by atoms with E-state index in [4.69, 9.17) is 4.42 Å². The van der Waals surface area contributed by atoms with Gasteiger partial charge in [-0.1, -0.05) is 12.1 Å². The zero-order chi connectivity index (χ0) is 19.1. The summed E-state index contributed by atoms with van der Waals surface area (Å²) in [5.74, 6) is 0.179. The summed E-state index contributed by atoms with van der Waals surface area (Å²) in [7, 11) is 0.